The maximum atomic E-state index is 12.8. The van der Waals surface area contributed by atoms with E-state index in [0.29, 0.717) is 0 Å². The molecule has 0 aromatic heterocycles. The van der Waals surface area contributed by atoms with Crippen molar-refractivity contribution in [3.05, 3.63) is 35.6 Å². The predicted octanol–water partition coefficient (Wildman–Crippen LogP) is 2.96. The van der Waals surface area contributed by atoms with Gasteiger partial charge in [-0.05, 0) is 12.1 Å². The zero-order valence-corrected chi connectivity index (χ0v) is 6.94. The van der Waals surface area contributed by atoms with E-state index in [1.165, 1.54) is 12.1 Å². The van der Waals surface area contributed by atoms with Crippen molar-refractivity contribution >= 4 is 5.78 Å². The molecule has 1 aromatic carbocycles. The molecule has 5 heteroatoms. The van der Waals surface area contributed by atoms with Gasteiger partial charge >= 0.3 is 6.18 Å². The number of rotatable bonds is 2. The van der Waals surface area contributed by atoms with Crippen molar-refractivity contribution < 1.29 is 22.4 Å². The molecule has 0 saturated carbocycles. The van der Waals surface area contributed by atoms with E-state index in [4.69, 9.17) is 0 Å². The molecule has 0 aliphatic heterocycles. The molecule has 0 saturated heterocycles. The van der Waals surface area contributed by atoms with E-state index in [2.05, 4.69) is 0 Å². The van der Waals surface area contributed by atoms with Crippen molar-refractivity contribution in [2.75, 3.05) is 0 Å². The van der Waals surface area contributed by atoms with E-state index in [9.17, 15) is 22.4 Å². The highest BCUT2D eigenvalue weighted by atomic mass is 19.4. The Morgan fingerprint density at radius 2 is 1.79 bits per heavy atom. The summed E-state index contributed by atoms with van der Waals surface area (Å²) in [6, 6.07) is 4.60. The Kier molecular flexibility index (Phi) is 2.88. The zero-order valence-electron chi connectivity index (χ0n) is 6.94. The van der Waals surface area contributed by atoms with Gasteiger partial charge in [-0.25, -0.2) is 4.39 Å². The van der Waals surface area contributed by atoms with E-state index in [1.54, 1.807) is 0 Å². The SMILES string of the molecule is O=C(CC(F)(F)F)c1ccccc1F. The zero-order chi connectivity index (χ0) is 10.8. The fourth-order valence-corrected chi connectivity index (χ4v) is 0.965. The molecule has 0 unspecified atom stereocenters. The maximum Gasteiger partial charge on any atom is 0.396 e. The minimum atomic E-state index is -4.60. The number of hydrogen-bond donors (Lipinski definition) is 0. The summed E-state index contributed by atoms with van der Waals surface area (Å²) in [5.74, 6) is -2.18. The number of benzene rings is 1. The Morgan fingerprint density at radius 1 is 1.21 bits per heavy atom. The minimum Gasteiger partial charge on any atom is -0.294 e. The van der Waals surface area contributed by atoms with Crippen LogP contribution in [-0.4, -0.2) is 12.0 Å². The van der Waals surface area contributed by atoms with Gasteiger partial charge in [0, 0.05) is 0 Å². The summed E-state index contributed by atoms with van der Waals surface area (Å²) in [7, 11) is 0. The lowest BCUT2D eigenvalue weighted by Crippen LogP contribution is -2.15. The van der Waals surface area contributed by atoms with Gasteiger partial charge in [-0.2, -0.15) is 13.2 Å². The number of carbonyl (C=O) groups is 1. The molecule has 0 bridgehead atoms. The van der Waals surface area contributed by atoms with Crippen LogP contribution in [0, 0.1) is 5.82 Å². The van der Waals surface area contributed by atoms with E-state index >= 15 is 0 Å². The van der Waals surface area contributed by atoms with Gasteiger partial charge in [0.2, 0.25) is 0 Å². The fraction of sp³-hybridized carbons (Fsp3) is 0.222. The van der Waals surface area contributed by atoms with Gasteiger partial charge in [-0.15, -0.1) is 0 Å². The molecule has 0 aliphatic rings. The smallest absolute Gasteiger partial charge is 0.294 e. The Morgan fingerprint density at radius 3 is 2.29 bits per heavy atom. The first-order valence-electron chi connectivity index (χ1n) is 3.74. The molecule has 0 amide bonds. The molecule has 0 spiro atoms. The molecule has 0 heterocycles. The topological polar surface area (TPSA) is 17.1 Å². The minimum absolute atomic E-state index is 0.523. The summed E-state index contributed by atoms with van der Waals surface area (Å²) in [5, 5.41) is 0. The number of alkyl halides is 3. The first kappa shape index (κ1) is 10.7. The third-order valence-corrected chi connectivity index (χ3v) is 1.54. The second-order valence-electron chi connectivity index (χ2n) is 2.69. The van der Waals surface area contributed by atoms with Crippen LogP contribution in [-0.2, 0) is 0 Å². The van der Waals surface area contributed by atoms with Crippen molar-refractivity contribution in [1.82, 2.24) is 0 Å². The second-order valence-corrected chi connectivity index (χ2v) is 2.69. The predicted molar refractivity (Wildman–Crippen MR) is 41.4 cm³/mol. The molecule has 0 aliphatic carbocycles. The highest BCUT2D eigenvalue weighted by molar-refractivity contribution is 5.96. The Labute approximate surface area is 77.3 Å². The van der Waals surface area contributed by atoms with E-state index in [1.807, 2.05) is 0 Å². The van der Waals surface area contributed by atoms with Crippen LogP contribution in [0.5, 0.6) is 0 Å². The molecule has 0 atom stereocenters. The van der Waals surface area contributed by atoms with Crippen LogP contribution in [0.2, 0.25) is 0 Å². The molecule has 0 radical (unpaired) electrons. The van der Waals surface area contributed by atoms with Gasteiger partial charge in [0.15, 0.2) is 5.78 Å². The van der Waals surface area contributed by atoms with E-state index in [-0.39, 0.29) is 0 Å². The summed E-state index contributed by atoms with van der Waals surface area (Å²) >= 11 is 0. The molecule has 1 rings (SSSR count). The number of carbonyl (C=O) groups excluding carboxylic acids is 1. The van der Waals surface area contributed by atoms with Crippen LogP contribution >= 0.6 is 0 Å². The quantitative estimate of drug-likeness (QED) is 0.537. The third-order valence-electron chi connectivity index (χ3n) is 1.54. The summed E-state index contributed by atoms with van der Waals surface area (Å²) < 4.78 is 48.2. The standard InChI is InChI=1S/C9H6F4O/c10-7-4-2-1-3-6(7)8(14)5-9(11,12)13/h1-4H,5H2. The van der Waals surface area contributed by atoms with E-state index in [0.717, 1.165) is 12.1 Å². The summed E-state index contributed by atoms with van der Waals surface area (Å²) in [6.45, 7) is 0. The summed E-state index contributed by atoms with van der Waals surface area (Å²) in [5.41, 5.74) is -0.523. The Balaban J connectivity index is 2.86. The van der Waals surface area contributed by atoms with Crippen molar-refractivity contribution in [2.24, 2.45) is 0 Å². The first-order chi connectivity index (χ1) is 6.40. The van der Waals surface area contributed by atoms with Crippen molar-refractivity contribution in [3.63, 3.8) is 0 Å². The average molecular weight is 206 g/mol. The molecule has 0 N–H and O–H groups in total. The van der Waals surface area contributed by atoms with Crippen LogP contribution in [0.15, 0.2) is 24.3 Å². The lowest BCUT2D eigenvalue weighted by atomic mass is 10.1. The van der Waals surface area contributed by atoms with Crippen molar-refractivity contribution in [2.45, 2.75) is 12.6 Å². The normalized spacial score (nSPS) is 11.4. The third kappa shape index (κ3) is 2.83. The first-order valence-corrected chi connectivity index (χ1v) is 3.74. The monoisotopic (exact) mass is 206 g/mol. The number of halogens is 4. The van der Waals surface area contributed by atoms with E-state index < -0.39 is 29.8 Å². The fourth-order valence-electron chi connectivity index (χ4n) is 0.965. The maximum absolute atomic E-state index is 12.8. The number of hydrogen-bond acceptors (Lipinski definition) is 1. The van der Waals surface area contributed by atoms with Gasteiger partial charge in [0.25, 0.3) is 0 Å². The Bertz CT molecular complexity index is 343. The van der Waals surface area contributed by atoms with Gasteiger partial charge in [0.1, 0.15) is 12.2 Å². The van der Waals surface area contributed by atoms with Crippen molar-refractivity contribution in [3.8, 4) is 0 Å². The highest BCUT2D eigenvalue weighted by Crippen LogP contribution is 2.22. The molecular formula is C9H6F4O. The highest BCUT2D eigenvalue weighted by Gasteiger charge is 2.32. The number of ketones is 1. The Hall–Kier alpha value is -1.39. The molecular weight excluding hydrogens is 200 g/mol. The lowest BCUT2D eigenvalue weighted by molar-refractivity contribution is -0.125. The van der Waals surface area contributed by atoms with Crippen LogP contribution < -0.4 is 0 Å². The lowest BCUT2D eigenvalue weighted by Gasteiger charge is -2.05. The van der Waals surface area contributed by atoms with Gasteiger partial charge < -0.3 is 0 Å². The van der Waals surface area contributed by atoms with Crippen LogP contribution in [0.4, 0.5) is 17.6 Å². The van der Waals surface area contributed by atoms with Crippen LogP contribution in [0.3, 0.4) is 0 Å². The molecule has 14 heavy (non-hydrogen) atoms. The molecule has 0 fully saturated rings. The second kappa shape index (κ2) is 3.77. The van der Waals surface area contributed by atoms with Gasteiger partial charge in [0.05, 0.1) is 5.56 Å². The van der Waals surface area contributed by atoms with Crippen LogP contribution in [0.1, 0.15) is 16.8 Å². The van der Waals surface area contributed by atoms with Gasteiger partial charge in [-0.1, -0.05) is 12.1 Å². The molecule has 1 aromatic rings. The van der Waals surface area contributed by atoms with Crippen LogP contribution in [0.25, 0.3) is 0 Å². The number of Topliss-reactive ketones (excluding diaryl/α,β-unsaturated/α-hetero) is 1. The van der Waals surface area contributed by atoms with Gasteiger partial charge in [-0.3, -0.25) is 4.79 Å². The molecule has 76 valence electrons. The van der Waals surface area contributed by atoms with Crippen molar-refractivity contribution in [1.29, 1.82) is 0 Å². The average Bonchev–Trinajstić information content (AvgIpc) is 2.01. The largest absolute Gasteiger partial charge is 0.396 e. The summed E-state index contributed by atoms with van der Waals surface area (Å²) in [4.78, 5) is 10.9. The summed E-state index contributed by atoms with van der Waals surface area (Å²) in [6.07, 6.45) is -6.23. The molecule has 1 nitrogen and oxygen atoms in total.